The molecule has 5 rings (SSSR count). The highest BCUT2D eigenvalue weighted by molar-refractivity contribution is 6.31. The minimum atomic E-state index is -1.63. The average Bonchev–Trinajstić information content (AvgIpc) is 3.40. The molecule has 4 atom stereocenters. The number of aliphatic hydroxyl groups excluding tert-OH is 1. The van der Waals surface area contributed by atoms with E-state index < -0.39 is 24.7 Å². The Morgan fingerprint density at radius 2 is 2.04 bits per heavy atom. The molecule has 2 aliphatic heterocycles. The zero-order valence-corrected chi connectivity index (χ0v) is 15.6. The van der Waals surface area contributed by atoms with Crippen LogP contribution in [-0.4, -0.2) is 57.7 Å². The molecule has 2 aromatic heterocycles. The average molecular weight is 404 g/mol. The van der Waals surface area contributed by atoms with Crippen LogP contribution in [0, 0.1) is 0 Å². The Morgan fingerprint density at radius 3 is 2.89 bits per heavy atom. The lowest BCUT2D eigenvalue weighted by Crippen LogP contribution is -2.34. The SMILES string of the molecule is [2H]C([2H])(Cc1nc2nc(O[C@@H]3CO[C@H]4[C@@H]3OC[C@H]4O)[nH]c2cc1Cl)c1ccccc1. The van der Waals surface area contributed by atoms with Crippen molar-refractivity contribution in [3.63, 3.8) is 0 Å². The van der Waals surface area contributed by atoms with Crippen molar-refractivity contribution in [3.8, 4) is 6.01 Å². The van der Waals surface area contributed by atoms with Gasteiger partial charge >= 0.3 is 0 Å². The van der Waals surface area contributed by atoms with Gasteiger partial charge in [-0.25, -0.2) is 4.98 Å². The number of rotatable bonds is 5. The lowest BCUT2D eigenvalue weighted by Gasteiger charge is -2.15. The van der Waals surface area contributed by atoms with Gasteiger partial charge in [0.1, 0.15) is 18.3 Å². The molecule has 1 aromatic carbocycles. The fourth-order valence-corrected chi connectivity index (χ4v) is 3.76. The number of aromatic nitrogens is 3. The van der Waals surface area contributed by atoms with E-state index >= 15 is 0 Å². The molecule has 0 unspecified atom stereocenters. The smallest absolute Gasteiger partial charge is 0.296 e. The van der Waals surface area contributed by atoms with Gasteiger partial charge in [-0.1, -0.05) is 41.9 Å². The number of nitrogens with zero attached hydrogens (tertiary/aromatic N) is 2. The zero-order valence-electron chi connectivity index (χ0n) is 16.8. The second kappa shape index (κ2) is 7.33. The van der Waals surface area contributed by atoms with Crippen molar-refractivity contribution in [2.24, 2.45) is 0 Å². The normalized spacial score (nSPS) is 28.2. The third-order valence-corrected chi connectivity index (χ3v) is 5.28. The van der Waals surface area contributed by atoms with Gasteiger partial charge < -0.3 is 24.3 Å². The molecular formula is C20H20ClN3O4. The number of aliphatic hydroxyl groups is 1. The van der Waals surface area contributed by atoms with Crippen LogP contribution in [0.2, 0.25) is 5.02 Å². The highest BCUT2D eigenvalue weighted by Crippen LogP contribution is 2.30. The van der Waals surface area contributed by atoms with Crippen LogP contribution >= 0.6 is 11.6 Å². The minimum absolute atomic E-state index is 0.0147. The van der Waals surface area contributed by atoms with Gasteiger partial charge in [-0.15, -0.1) is 0 Å². The van der Waals surface area contributed by atoms with E-state index in [0.717, 1.165) is 0 Å². The topological polar surface area (TPSA) is 89.5 Å². The van der Waals surface area contributed by atoms with Crippen molar-refractivity contribution in [2.45, 2.75) is 37.2 Å². The van der Waals surface area contributed by atoms with Crippen LogP contribution < -0.4 is 4.74 Å². The molecule has 3 aromatic rings. The first-order chi connectivity index (χ1) is 14.4. The van der Waals surface area contributed by atoms with Crippen LogP contribution in [0.5, 0.6) is 6.01 Å². The molecule has 0 amide bonds. The van der Waals surface area contributed by atoms with Crippen LogP contribution in [0.3, 0.4) is 0 Å². The summed E-state index contributed by atoms with van der Waals surface area (Å²) in [6.07, 6.45) is -3.40. The Bertz CT molecular complexity index is 1060. The monoisotopic (exact) mass is 403 g/mol. The van der Waals surface area contributed by atoms with Crippen LogP contribution in [0.1, 0.15) is 14.0 Å². The number of aromatic amines is 1. The van der Waals surface area contributed by atoms with E-state index in [0.29, 0.717) is 34.1 Å². The zero-order chi connectivity index (χ0) is 20.9. The van der Waals surface area contributed by atoms with E-state index in [9.17, 15) is 5.11 Å². The summed E-state index contributed by atoms with van der Waals surface area (Å²) in [4.78, 5) is 11.9. The van der Waals surface area contributed by atoms with E-state index in [-0.39, 0.29) is 25.1 Å². The molecule has 2 aliphatic rings. The number of hydrogen-bond acceptors (Lipinski definition) is 6. The molecule has 8 heteroatoms. The third-order valence-electron chi connectivity index (χ3n) is 4.96. The summed E-state index contributed by atoms with van der Waals surface area (Å²) in [5, 5.41) is 10.2. The van der Waals surface area contributed by atoms with Gasteiger partial charge in [0.15, 0.2) is 11.8 Å². The number of pyridine rings is 1. The first-order valence-electron chi connectivity index (χ1n) is 10.1. The predicted molar refractivity (Wildman–Crippen MR) is 103 cm³/mol. The summed E-state index contributed by atoms with van der Waals surface area (Å²) in [6, 6.07) is 10.8. The number of aryl methyl sites for hydroxylation is 2. The number of nitrogens with one attached hydrogen (secondary N) is 1. The van der Waals surface area contributed by atoms with Gasteiger partial charge in [0.2, 0.25) is 0 Å². The van der Waals surface area contributed by atoms with Gasteiger partial charge in [-0.3, -0.25) is 0 Å². The van der Waals surface area contributed by atoms with E-state index in [1.165, 1.54) is 0 Å². The molecule has 7 nitrogen and oxygen atoms in total. The van der Waals surface area contributed by atoms with Crippen LogP contribution in [0.15, 0.2) is 36.4 Å². The molecule has 0 bridgehead atoms. The third kappa shape index (κ3) is 3.35. The molecule has 2 N–H and O–H groups in total. The molecule has 4 heterocycles. The highest BCUT2D eigenvalue weighted by atomic mass is 35.5. The van der Waals surface area contributed by atoms with Crippen molar-refractivity contribution in [2.75, 3.05) is 13.2 Å². The highest BCUT2D eigenvalue weighted by Gasteiger charge is 2.48. The number of ether oxygens (including phenoxy) is 3. The molecule has 0 radical (unpaired) electrons. The molecule has 2 fully saturated rings. The first kappa shape index (κ1) is 15.7. The molecule has 0 spiro atoms. The summed E-state index contributed by atoms with van der Waals surface area (Å²) >= 11 is 6.38. The van der Waals surface area contributed by atoms with Crippen LogP contribution in [0.4, 0.5) is 0 Å². The molecule has 28 heavy (non-hydrogen) atoms. The number of H-pyrrole nitrogens is 1. The quantitative estimate of drug-likeness (QED) is 0.679. The van der Waals surface area contributed by atoms with Crippen molar-refractivity contribution in [1.29, 1.82) is 0 Å². The van der Waals surface area contributed by atoms with Gasteiger partial charge in [0, 0.05) is 2.74 Å². The summed E-state index contributed by atoms with van der Waals surface area (Å²) < 4.78 is 33.8. The molecule has 0 aliphatic carbocycles. The fraction of sp³-hybridized carbons (Fsp3) is 0.400. The van der Waals surface area contributed by atoms with E-state index in [2.05, 4.69) is 15.0 Å². The largest absolute Gasteiger partial charge is 0.456 e. The van der Waals surface area contributed by atoms with E-state index in [1.807, 2.05) is 6.07 Å². The second-order valence-corrected chi connectivity index (χ2v) is 7.28. The molecule has 0 saturated carbocycles. The number of benzene rings is 1. The maximum atomic E-state index is 9.85. The lowest BCUT2D eigenvalue weighted by atomic mass is 10.1. The Hall–Kier alpha value is -2.19. The van der Waals surface area contributed by atoms with E-state index in [4.69, 9.17) is 28.6 Å². The Balaban J connectivity index is 1.37. The van der Waals surface area contributed by atoms with E-state index in [1.54, 1.807) is 30.3 Å². The first-order valence-corrected chi connectivity index (χ1v) is 9.47. The number of halogens is 1. The fourth-order valence-electron chi connectivity index (χ4n) is 3.54. The number of hydrogen-bond donors (Lipinski definition) is 2. The Morgan fingerprint density at radius 1 is 1.21 bits per heavy atom. The van der Waals surface area contributed by atoms with Crippen LogP contribution in [-0.2, 0) is 22.3 Å². The van der Waals surface area contributed by atoms with Crippen molar-refractivity contribution >= 4 is 22.8 Å². The lowest BCUT2D eigenvalue weighted by molar-refractivity contribution is 0.00706. The summed E-state index contributed by atoms with van der Waals surface area (Å²) in [5.41, 5.74) is 1.95. The maximum Gasteiger partial charge on any atom is 0.296 e. The standard InChI is InChI=1S/C20H20ClN3O4/c21-12-8-14-19(22-13(12)7-6-11-4-2-1-3-5-11)24-20(23-14)28-16-10-27-17-15(25)9-26-18(16)17/h1-5,8,15-18,25H,6-7,9-10H2,(H,22,23,24)/t15-,16-,17-,18-/m1/s1/i6D2. The van der Waals surface area contributed by atoms with Gasteiger partial charge in [-0.05, 0) is 24.4 Å². The molecular weight excluding hydrogens is 382 g/mol. The van der Waals surface area contributed by atoms with Crippen molar-refractivity contribution < 1.29 is 22.1 Å². The molecule has 146 valence electrons. The minimum Gasteiger partial charge on any atom is -0.456 e. The maximum absolute atomic E-state index is 9.85. The van der Waals surface area contributed by atoms with Gasteiger partial charge in [0.05, 0.1) is 29.4 Å². The second-order valence-electron chi connectivity index (χ2n) is 6.87. The summed E-state index contributed by atoms with van der Waals surface area (Å²) in [6.45, 7) is 0.513. The van der Waals surface area contributed by atoms with Gasteiger partial charge in [-0.2, -0.15) is 4.98 Å². The number of imidazole rings is 1. The van der Waals surface area contributed by atoms with Crippen molar-refractivity contribution in [1.82, 2.24) is 15.0 Å². The molecule has 2 saturated heterocycles. The Labute approximate surface area is 169 Å². The summed E-state index contributed by atoms with van der Waals surface area (Å²) in [5.74, 6) is 0. The summed E-state index contributed by atoms with van der Waals surface area (Å²) in [7, 11) is 0. The Kier molecular flexibility index (Phi) is 4.11. The number of fused-ring (bicyclic) bond motifs is 2. The predicted octanol–water partition coefficient (Wildman–Crippen LogP) is 2.30. The van der Waals surface area contributed by atoms with Crippen LogP contribution in [0.25, 0.3) is 11.2 Å². The van der Waals surface area contributed by atoms with Gasteiger partial charge in [0.25, 0.3) is 6.01 Å². The van der Waals surface area contributed by atoms with Crippen molar-refractivity contribution in [3.05, 3.63) is 52.7 Å².